The summed E-state index contributed by atoms with van der Waals surface area (Å²) in [5, 5.41) is 3.96. The monoisotopic (exact) mass is 476 g/mol. The van der Waals surface area contributed by atoms with Gasteiger partial charge in [-0.3, -0.25) is 0 Å². The van der Waals surface area contributed by atoms with Crippen molar-refractivity contribution in [3.8, 4) is 0 Å². The second-order valence-corrected chi connectivity index (χ2v) is 11.3. The highest BCUT2D eigenvalue weighted by atomic mass is 35.5. The lowest BCUT2D eigenvalue weighted by molar-refractivity contribution is 0.0412. The Hall–Kier alpha value is -2.19. The van der Waals surface area contributed by atoms with E-state index < -0.39 is 0 Å². The molecule has 0 spiro atoms. The molecule has 5 rings (SSSR count). The predicted octanol–water partition coefficient (Wildman–Crippen LogP) is 7.32. The Bertz CT molecular complexity index is 1070. The van der Waals surface area contributed by atoms with Crippen LogP contribution in [0.5, 0.6) is 0 Å². The molecule has 2 saturated heterocycles. The minimum absolute atomic E-state index is 0.112. The van der Waals surface area contributed by atoms with Crippen LogP contribution >= 0.6 is 11.6 Å². The molecule has 1 N–H and O–H groups in total. The van der Waals surface area contributed by atoms with Crippen molar-refractivity contribution in [2.45, 2.75) is 89.6 Å². The maximum absolute atomic E-state index is 6.99. The molecule has 3 heteroatoms. The smallest absolute Gasteiger partial charge is 0.0709 e. The number of rotatable bonds is 9. The molecule has 0 amide bonds. The first-order valence-corrected chi connectivity index (χ1v) is 13.3. The van der Waals surface area contributed by atoms with Crippen molar-refractivity contribution in [3.63, 3.8) is 0 Å². The van der Waals surface area contributed by atoms with Crippen molar-refractivity contribution >= 4 is 11.6 Å². The minimum Gasteiger partial charge on any atom is -0.380 e. The molecule has 3 unspecified atom stereocenters. The Kier molecular flexibility index (Phi) is 7.48. The van der Waals surface area contributed by atoms with Gasteiger partial charge in [0.25, 0.3) is 0 Å². The van der Waals surface area contributed by atoms with E-state index in [2.05, 4.69) is 87.5 Å². The SMILES string of the molecule is C=C(CCc1ccc(C)c(C)c1)NC12CCC(CC1Cl)N(C(=C)CCc1ccc(C)cc1C)C2. The number of hydrogen-bond donors (Lipinski definition) is 1. The van der Waals surface area contributed by atoms with Crippen molar-refractivity contribution < 1.29 is 0 Å². The third-order valence-electron chi connectivity index (χ3n) is 8.20. The van der Waals surface area contributed by atoms with Gasteiger partial charge in [0.1, 0.15) is 0 Å². The fourth-order valence-corrected chi connectivity index (χ4v) is 6.26. The summed E-state index contributed by atoms with van der Waals surface area (Å²) in [7, 11) is 0. The molecule has 0 aromatic heterocycles. The topological polar surface area (TPSA) is 15.3 Å². The van der Waals surface area contributed by atoms with Gasteiger partial charge in [-0.1, -0.05) is 55.1 Å². The molecule has 3 fully saturated rings. The lowest BCUT2D eigenvalue weighted by Crippen LogP contribution is -2.68. The third kappa shape index (κ3) is 5.38. The number of nitrogens with one attached hydrogen (secondary N) is 1. The number of hydrogen-bond acceptors (Lipinski definition) is 2. The number of aryl methyl sites for hydroxylation is 6. The summed E-state index contributed by atoms with van der Waals surface area (Å²) in [6, 6.07) is 14.1. The van der Waals surface area contributed by atoms with Crippen molar-refractivity contribution in [3.05, 3.63) is 94.3 Å². The summed E-state index contributed by atoms with van der Waals surface area (Å²) in [6.07, 6.45) is 7.27. The van der Waals surface area contributed by atoms with Crippen molar-refractivity contribution in [1.29, 1.82) is 0 Å². The molecule has 2 aromatic rings. The number of halogens is 1. The Morgan fingerprint density at radius 3 is 2.50 bits per heavy atom. The summed E-state index contributed by atoms with van der Waals surface area (Å²) in [4.78, 5) is 2.55. The highest BCUT2D eigenvalue weighted by molar-refractivity contribution is 6.21. The Labute approximate surface area is 212 Å². The Morgan fingerprint density at radius 2 is 1.79 bits per heavy atom. The minimum atomic E-state index is -0.112. The molecular formula is C31H41ClN2. The van der Waals surface area contributed by atoms with Crippen LogP contribution in [0, 0.1) is 27.7 Å². The van der Waals surface area contributed by atoms with E-state index in [4.69, 9.17) is 11.6 Å². The lowest BCUT2D eigenvalue weighted by atomic mass is 9.72. The number of fused-ring (bicyclic) bond motifs is 3. The van der Waals surface area contributed by atoms with Crippen LogP contribution in [0.2, 0.25) is 0 Å². The molecule has 3 atom stereocenters. The van der Waals surface area contributed by atoms with Gasteiger partial charge in [-0.05, 0) is 100 Å². The van der Waals surface area contributed by atoms with Gasteiger partial charge in [-0.15, -0.1) is 11.6 Å². The zero-order chi connectivity index (χ0) is 24.5. The lowest BCUT2D eigenvalue weighted by Gasteiger charge is -2.57. The number of allylic oxidation sites excluding steroid dienone is 2. The van der Waals surface area contributed by atoms with Gasteiger partial charge in [0.15, 0.2) is 0 Å². The highest BCUT2D eigenvalue weighted by Gasteiger charge is 2.51. The van der Waals surface area contributed by atoms with Crippen LogP contribution in [0.25, 0.3) is 0 Å². The van der Waals surface area contributed by atoms with E-state index in [0.29, 0.717) is 6.04 Å². The standard InChI is InChI=1S/C31H41ClN2/c1-21-7-13-28(24(4)17-21)14-10-26(6)34-20-31(16-15-29(34)19-30(31)32)33-25(5)9-12-27-11-8-22(2)23(3)18-27/h7-8,11,13,17-18,29-30,33H,5-6,9-10,12,14-16,19-20H2,1-4H3. The molecule has 2 heterocycles. The van der Waals surface area contributed by atoms with E-state index in [1.807, 2.05) is 0 Å². The van der Waals surface area contributed by atoms with Gasteiger partial charge >= 0.3 is 0 Å². The number of nitrogens with zero attached hydrogens (tertiary/aromatic N) is 1. The Morgan fingerprint density at radius 1 is 1.00 bits per heavy atom. The van der Waals surface area contributed by atoms with Crippen LogP contribution in [0.1, 0.15) is 65.5 Å². The van der Waals surface area contributed by atoms with E-state index in [0.717, 1.165) is 50.8 Å². The summed E-state index contributed by atoms with van der Waals surface area (Å²) in [5.41, 5.74) is 10.5. The molecule has 2 aromatic carbocycles. The van der Waals surface area contributed by atoms with E-state index in [9.17, 15) is 0 Å². The van der Waals surface area contributed by atoms with Crippen LogP contribution < -0.4 is 5.32 Å². The molecule has 3 aliphatic rings. The quantitative estimate of drug-likeness (QED) is 0.381. The van der Waals surface area contributed by atoms with E-state index in [-0.39, 0.29) is 10.9 Å². The van der Waals surface area contributed by atoms with Crippen LogP contribution in [-0.2, 0) is 12.8 Å². The van der Waals surface area contributed by atoms with Gasteiger partial charge in [-0.25, -0.2) is 0 Å². The average molecular weight is 477 g/mol. The second-order valence-electron chi connectivity index (χ2n) is 10.8. The fraction of sp³-hybridized carbons (Fsp3) is 0.484. The molecular weight excluding hydrogens is 436 g/mol. The van der Waals surface area contributed by atoms with Gasteiger partial charge < -0.3 is 10.2 Å². The Balaban J connectivity index is 1.36. The van der Waals surface area contributed by atoms with Crippen LogP contribution in [0.3, 0.4) is 0 Å². The van der Waals surface area contributed by atoms with Gasteiger partial charge in [0, 0.05) is 24.0 Å². The van der Waals surface area contributed by atoms with Crippen molar-refractivity contribution in [2.75, 3.05) is 6.54 Å². The van der Waals surface area contributed by atoms with Crippen molar-refractivity contribution in [1.82, 2.24) is 10.2 Å². The number of benzene rings is 2. The summed E-state index contributed by atoms with van der Waals surface area (Å²) < 4.78 is 0. The zero-order valence-electron chi connectivity index (χ0n) is 21.5. The van der Waals surface area contributed by atoms with Gasteiger partial charge in [0.05, 0.1) is 10.9 Å². The first-order chi connectivity index (χ1) is 16.2. The average Bonchev–Trinajstić information content (AvgIpc) is 2.80. The molecule has 34 heavy (non-hydrogen) atoms. The van der Waals surface area contributed by atoms with E-state index >= 15 is 0 Å². The maximum atomic E-state index is 6.99. The second kappa shape index (κ2) is 10.2. The third-order valence-corrected chi connectivity index (χ3v) is 8.79. The first kappa shape index (κ1) is 24.9. The number of piperidine rings is 2. The van der Waals surface area contributed by atoms with Crippen molar-refractivity contribution in [2.24, 2.45) is 0 Å². The summed E-state index contributed by atoms with van der Waals surface area (Å²) >= 11 is 6.99. The molecule has 1 saturated carbocycles. The molecule has 0 radical (unpaired) electrons. The van der Waals surface area contributed by atoms with Crippen LogP contribution in [0.4, 0.5) is 0 Å². The predicted molar refractivity (Wildman–Crippen MR) is 147 cm³/mol. The summed E-state index contributed by atoms with van der Waals surface area (Å²) in [5.74, 6) is 0. The molecule has 1 aliphatic carbocycles. The zero-order valence-corrected chi connectivity index (χ0v) is 22.3. The first-order valence-electron chi connectivity index (χ1n) is 12.8. The van der Waals surface area contributed by atoms with Crippen LogP contribution in [-0.4, -0.2) is 28.4 Å². The van der Waals surface area contributed by atoms with E-state index in [1.165, 1.54) is 45.5 Å². The summed E-state index contributed by atoms with van der Waals surface area (Å²) in [6.45, 7) is 18.6. The van der Waals surface area contributed by atoms with Gasteiger partial charge in [0.2, 0.25) is 0 Å². The highest BCUT2D eigenvalue weighted by Crippen LogP contribution is 2.43. The molecule has 2 bridgehead atoms. The fourth-order valence-electron chi connectivity index (χ4n) is 5.83. The molecule has 2 nitrogen and oxygen atoms in total. The maximum Gasteiger partial charge on any atom is 0.0709 e. The largest absolute Gasteiger partial charge is 0.380 e. The van der Waals surface area contributed by atoms with Gasteiger partial charge in [-0.2, -0.15) is 0 Å². The molecule has 2 aliphatic heterocycles. The van der Waals surface area contributed by atoms with Crippen LogP contribution in [0.15, 0.2) is 61.0 Å². The molecule has 182 valence electrons. The number of alkyl halides is 1. The van der Waals surface area contributed by atoms with E-state index in [1.54, 1.807) is 0 Å². The normalized spacial score (nSPS) is 23.7.